The Labute approximate surface area is 326 Å². The molecular formula is C44H64B2N2O6. The standard InChI is InChI=1S/C44H64B2N2O6/c1-13-17-19-29(15-3)27-47-35-25-31(45-51-41(5,6)42(7,8)52-45)21-23-33(35)37(39(47)49)38-34-24-22-32(46-53-43(9,10)44(11,12)54-46)26-36(34)48(40(38)50)28-30(16-4)20-18-14-2/h21-26,29-30H,13-20,27-28H2,1-12H3/b38-37-. The van der Waals surface area contributed by atoms with Gasteiger partial charge in [-0.1, -0.05) is 90.5 Å². The summed E-state index contributed by atoms with van der Waals surface area (Å²) in [7, 11) is -1.13. The summed E-state index contributed by atoms with van der Waals surface area (Å²) in [6.45, 7) is 26.4. The number of hydrogen-bond acceptors (Lipinski definition) is 6. The largest absolute Gasteiger partial charge is 0.494 e. The molecule has 0 bridgehead atoms. The number of carbonyl (C=O) groups is 2. The molecule has 4 aliphatic rings. The van der Waals surface area contributed by atoms with Crippen LogP contribution in [0.1, 0.15) is 146 Å². The summed E-state index contributed by atoms with van der Waals surface area (Å²) in [5, 5.41) is 0. The first-order chi connectivity index (χ1) is 25.4. The molecule has 0 radical (unpaired) electrons. The molecule has 10 heteroatoms. The molecule has 0 spiro atoms. The van der Waals surface area contributed by atoms with Crippen molar-refractivity contribution in [2.75, 3.05) is 22.9 Å². The lowest BCUT2D eigenvalue weighted by Gasteiger charge is -2.32. The molecule has 2 amide bonds. The fourth-order valence-electron chi connectivity index (χ4n) is 8.13. The van der Waals surface area contributed by atoms with Crippen molar-refractivity contribution < 1.29 is 28.2 Å². The van der Waals surface area contributed by atoms with Gasteiger partial charge in [0.1, 0.15) is 0 Å². The van der Waals surface area contributed by atoms with Crippen molar-refractivity contribution in [2.24, 2.45) is 11.8 Å². The Morgan fingerprint density at radius 3 is 1.19 bits per heavy atom. The van der Waals surface area contributed by atoms with Gasteiger partial charge in [-0.2, -0.15) is 0 Å². The lowest BCUT2D eigenvalue weighted by Crippen LogP contribution is -2.41. The lowest BCUT2D eigenvalue weighted by molar-refractivity contribution is -0.114. The second kappa shape index (κ2) is 15.2. The average Bonchev–Trinajstić information content (AvgIpc) is 3.71. The number of fused-ring (bicyclic) bond motifs is 2. The van der Waals surface area contributed by atoms with Gasteiger partial charge in [-0.25, -0.2) is 0 Å². The predicted molar refractivity (Wildman–Crippen MR) is 222 cm³/mol. The third kappa shape index (κ3) is 7.26. The molecule has 2 fully saturated rings. The van der Waals surface area contributed by atoms with E-state index >= 15 is 9.59 Å². The Kier molecular flexibility index (Phi) is 11.5. The van der Waals surface area contributed by atoms with Gasteiger partial charge in [0.2, 0.25) is 0 Å². The van der Waals surface area contributed by atoms with Crippen LogP contribution in [0.15, 0.2) is 36.4 Å². The maximum atomic E-state index is 15.0. The third-order valence-corrected chi connectivity index (χ3v) is 13.4. The van der Waals surface area contributed by atoms with Crippen molar-refractivity contribution >= 4 is 59.5 Å². The highest BCUT2D eigenvalue weighted by molar-refractivity contribution is 6.63. The average molecular weight is 739 g/mol. The van der Waals surface area contributed by atoms with Crippen LogP contribution >= 0.6 is 0 Å². The van der Waals surface area contributed by atoms with Crippen LogP contribution < -0.4 is 20.7 Å². The zero-order valence-corrected chi connectivity index (χ0v) is 35.2. The van der Waals surface area contributed by atoms with Crippen molar-refractivity contribution in [2.45, 2.75) is 157 Å². The van der Waals surface area contributed by atoms with Gasteiger partial charge in [-0.3, -0.25) is 9.59 Å². The number of nitrogens with zero attached hydrogens (tertiary/aromatic N) is 2. The first-order valence-corrected chi connectivity index (χ1v) is 20.8. The number of anilines is 2. The zero-order chi connectivity index (χ0) is 39.4. The van der Waals surface area contributed by atoms with E-state index in [0.29, 0.717) is 36.1 Å². The summed E-state index contributed by atoms with van der Waals surface area (Å²) in [4.78, 5) is 33.9. The van der Waals surface area contributed by atoms with Crippen LogP contribution in [0.5, 0.6) is 0 Å². The Balaban J connectivity index is 1.49. The van der Waals surface area contributed by atoms with Gasteiger partial charge in [-0.05, 0) is 103 Å². The van der Waals surface area contributed by atoms with Gasteiger partial charge < -0.3 is 28.4 Å². The normalized spacial score (nSPS) is 23.4. The summed E-state index contributed by atoms with van der Waals surface area (Å²) >= 11 is 0. The van der Waals surface area contributed by atoms with Crippen molar-refractivity contribution in [1.29, 1.82) is 0 Å². The van der Waals surface area contributed by atoms with Crippen LogP contribution in [-0.2, 0) is 28.2 Å². The van der Waals surface area contributed by atoms with E-state index < -0.39 is 36.6 Å². The SMILES string of the molecule is CCCCC(CC)CN1C(=O)/C(=C2\C(=O)N(CC(CC)CCCC)c3cc(B4OC(C)(C)C(C)(C)O4)ccc32)c2ccc(B3OC(C)(C)C(C)(C)O3)cc21. The van der Waals surface area contributed by atoms with Gasteiger partial charge in [-0.15, -0.1) is 0 Å². The van der Waals surface area contributed by atoms with E-state index in [0.717, 1.165) is 84.8 Å². The second-order valence-corrected chi connectivity index (χ2v) is 18.1. The molecule has 2 aromatic rings. The summed E-state index contributed by atoms with van der Waals surface area (Å²) in [5.41, 5.74) is 3.92. The first kappa shape index (κ1) is 40.7. The summed E-state index contributed by atoms with van der Waals surface area (Å²) in [6, 6.07) is 12.1. The molecule has 2 aromatic carbocycles. The van der Waals surface area contributed by atoms with Crippen molar-refractivity contribution in [3.05, 3.63) is 47.5 Å². The highest BCUT2D eigenvalue weighted by atomic mass is 16.7. The molecular weight excluding hydrogens is 674 g/mol. The Morgan fingerprint density at radius 1 is 0.556 bits per heavy atom. The van der Waals surface area contributed by atoms with Crippen molar-refractivity contribution in [1.82, 2.24) is 0 Å². The fourth-order valence-corrected chi connectivity index (χ4v) is 8.13. The molecule has 292 valence electrons. The highest BCUT2D eigenvalue weighted by Crippen LogP contribution is 2.48. The third-order valence-electron chi connectivity index (χ3n) is 13.4. The Hall–Kier alpha value is -2.91. The minimum absolute atomic E-state index is 0.116. The molecule has 2 saturated heterocycles. The molecule has 0 aromatic heterocycles. The molecule has 0 N–H and O–H groups in total. The molecule has 8 nitrogen and oxygen atoms in total. The molecule has 54 heavy (non-hydrogen) atoms. The van der Waals surface area contributed by atoms with E-state index in [1.165, 1.54) is 0 Å². The van der Waals surface area contributed by atoms with Gasteiger partial charge in [0.05, 0.1) is 44.9 Å². The smallest absolute Gasteiger partial charge is 0.399 e. The minimum Gasteiger partial charge on any atom is -0.399 e. The molecule has 4 aliphatic heterocycles. The van der Waals surface area contributed by atoms with Crippen LogP contribution in [0.2, 0.25) is 0 Å². The van der Waals surface area contributed by atoms with E-state index in [2.05, 4.69) is 95.2 Å². The van der Waals surface area contributed by atoms with Gasteiger partial charge in [0, 0.05) is 24.2 Å². The Morgan fingerprint density at radius 2 is 0.889 bits per heavy atom. The number of rotatable bonds is 14. The van der Waals surface area contributed by atoms with Crippen LogP contribution in [0.3, 0.4) is 0 Å². The zero-order valence-electron chi connectivity index (χ0n) is 35.2. The van der Waals surface area contributed by atoms with Gasteiger partial charge >= 0.3 is 14.2 Å². The monoisotopic (exact) mass is 738 g/mol. The molecule has 2 unspecified atom stereocenters. The fraction of sp³-hybridized carbons (Fsp3) is 0.636. The van der Waals surface area contributed by atoms with E-state index in [1.807, 2.05) is 34.1 Å². The number of hydrogen-bond donors (Lipinski definition) is 0. The van der Waals surface area contributed by atoms with Crippen LogP contribution in [0, 0.1) is 11.8 Å². The van der Waals surface area contributed by atoms with E-state index in [1.54, 1.807) is 0 Å². The maximum absolute atomic E-state index is 15.0. The lowest BCUT2D eigenvalue weighted by atomic mass is 9.77. The molecule has 4 heterocycles. The van der Waals surface area contributed by atoms with Crippen LogP contribution in [-0.4, -0.2) is 61.5 Å². The molecule has 2 atom stereocenters. The molecule has 0 saturated carbocycles. The second-order valence-electron chi connectivity index (χ2n) is 18.1. The highest BCUT2D eigenvalue weighted by Gasteiger charge is 2.54. The summed E-state index contributed by atoms with van der Waals surface area (Å²) in [5.74, 6) is 0.437. The minimum atomic E-state index is -0.567. The number of benzene rings is 2. The van der Waals surface area contributed by atoms with Crippen LogP contribution in [0.4, 0.5) is 11.4 Å². The van der Waals surface area contributed by atoms with E-state index in [-0.39, 0.29) is 11.8 Å². The van der Waals surface area contributed by atoms with Gasteiger partial charge in [0.25, 0.3) is 11.8 Å². The predicted octanol–water partition coefficient (Wildman–Crippen LogP) is 8.32. The topological polar surface area (TPSA) is 77.5 Å². The van der Waals surface area contributed by atoms with Crippen LogP contribution in [0.25, 0.3) is 11.1 Å². The van der Waals surface area contributed by atoms with Crippen molar-refractivity contribution in [3.8, 4) is 0 Å². The molecule has 6 rings (SSSR count). The van der Waals surface area contributed by atoms with E-state index in [4.69, 9.17) is 18.6 Å². The summed E-state index contributed by atoms with van der Waals surface area (Å²) < 4.78 is 25.9. The number of unbranched alkanes of at least 4 members (excludes halogenated alkanes) is 2. The number of amides is 2. The Bertz CT molecular complexity index is 1620. The number of carbonyl (C=O) groups excluding carboxylic acids is 2. The summed E-state index contributed by atoms with van der Waals surface area (Å²) in [6.07, 6.45) is 8.45. The van der Waals surface area contributed by atoms with E-state index in [9.17, 15) is 0 Å². The first-order valence-electron chi connectivity index (χ1n) is 20.8. The quantitative estimate of drug-likeness (QED) is 0.143. The maximum Gasteiger partial charge on any atom is 0.494 e. The molecule has 0 aliphatic carbocycles. The van der Waals surface area contributed by atoms with Crippen molar-refractivity contribution in [3.63, 3.8) is 0 Å². The van der Waals surface area contributed by atoms with Gasteiger partial charge in [0.15, 0.2) is 0 Å².